The third-order valence-corrected chi connectivity index (χ3v) is 3.64. The van der Waals surface area contributed by atoms with Gasteiger partial charge in [0.15, 0.2) is 0 Å². The monoisotopic (exact) mass is 250 g/mol. The molecule has 0 saturated carbocycles. The summed E-state index contributed by atoms with van der Waals surface area (Å²) in [4.78, 5) is 6.56. The summed E-state index contributed by atoms with van der Waals surface area (Å²) in [5.74, 6) is 0.895. The van der Waals surface area contributed by atoms with E-state index in [-0.39, 0.29) is 0 Å². The highest BCUT2D eigenvalue weighted by Gasteiger charge is 2.25. The highest BCUT2D eigenvalue weighted by molar-refractivity contribution is 5.41. The van der Waals surface area contributed by atoms with Crippen LogP contribution in [0, 0.1) is 0 Å². The Hall–Kier alpha value is -1.13. The van der Waals surface area contributed by atoms with Crippen LogP contribution in [-0.2, 0) is 0 Å². The van der Waals surface area contributed by atoms with Crippen molar-refractivity contribution < 1.29 is 10.2 Å². The number of rotatable bonds is 2. The van der Waals surface area contributed by atoms with Gasteiger partial charge in [0, 0.05) is 19.3 Å². The lowest BCUT2D eigenvalue weighted by Crippen LogP contribution is -2.28. The number of anilines is 1. The Balaban J connectivity index is 2.13. The van der Waals surface area contributed by atoms with Crippen LogP contribution in [0.25, 0.3) is 0 Å². The molecule has 1 fully saturated rings. The van der Waals surface area contributed by atoms with E-state index in [1.807, 2.05) is 19.1 Å². The third-order valence-electron chi connectivity index (χ3n) is 3.64. The summed E-state index contributed by atoms with van der Waals surface area (Å²) in [6, 6.07) is 3.77. The van der Waals surface area contributed by atoms with Crippen molar-refractivity contribution in [2.45, 2.75) is 44.8 Å². The fraction of sp³-hybridized carbons (Fsp3) is 0.643. The number of hydrogen-bond donors (Lipinski definition) is 2. The summed E-state index contributed by atoms with van der Waals surface area (Å²) >= 11 is 0. The van der Waals surface area contributed by atoms with Crippen molar-refractivity contribution in [3.63, 3.8) is 0 Å². The topological polar surface area (TPSA) is 56.6 Å². The lowest BCUT2D eigenvalue weighted by molar-refractivity contribution is 0.0481. The fourth-order valence-corrected chi connectivity index (χ4v) is 2.36. The summed E-state index contributed by atoms with van der Waals surface area (Å²) in [7, 11) is 0. The molecule has 2 atom stereocenters. The Bertz CT molecular complexity index is 405. The quantitative estimate of drug-likeness (QED) is 0.841. The molecule has 18 heavy (non-hydrogen) atoms. The molecule has 4 nitrogen and oxygen atoms in total. The van der Waals surface area contributed by atoms with Gasteiger partial charge in [-0.2, -0.15) is 0 Å². The Morgan fingerprint density at radius 2 is 2.17 bits per heavy atom. The summed E-state index contributed by atoms with van der Waals surface area (Å²) < 4.78 is 0. The van der Waals surface area contributed by atoms with Crippen LogP contribution in [0.2, 0.25) is 0 Å². The van der Waals surface area contributed by atoms with E-state index in [0.717, 1.165) is 43.7 Å². The molecule has 1 aliphatic rings. The second kappa shape index (κ2) is 5.24. The molecule has 1 aliphatic heterocycles. The molecule has 2 heterocycles. The van der Waals surface area contributed by atoms with Gasteiger partial charge in [-0.05, 0) is 50.8 Å². The molecule has 0 aromatic carbocycles. The van der Waals surface area contributed by atoms with Gasteiger partial charge in [0.2, 0.25) is 0 Å². The molecule has 0 spiro atoms. The van der Waals surface area contributed by atoms with E-state index in [1.165, 1.54) is 0 Å². The zero-order chi connectivity index (χ0) is 13.2. The van der Waals surface area contributed by atoms with Crippen molar-refractivity contribution >= 4 is 5.82 Å². The van der Waals surface area contributed by atoms with Crippen LogP contribution in [0.3, 0.4) is 0 Å². The van der Waals surface area contributed by atoms with Crippen molar-refractivity contribution in [3.05, 3.63) is 23.9 Å². The van der Waals surface area contributed by atoms with Gasteiger partial charge in [-0.25, -0.2) is 4.98 Å². The van der Waals surface area contributed by atoms with Gasteiger partial charge in [-0.3, -0.25) is 0 Å². The molecule has 1 saturated heterocycles. The molecule has 0 amide bonds. The average molecular weight is 250 g/mol. The Labute approximate surface area is 108 Å². The van der Waals surface area contributed by atoms with Crippen molar-refractivity contribution in [3.8, 4) is 0 Å². The number of pyridine rings is 1. The molecule has 1 unspecified atom stereocenters. The zero-order valence-electron chi connectivity index (χ0n) is 11.1. The third kappa shape index (κ3) is 3.21. The number of aliphatic hydroxyl groups is 2. The van der Waals surface area contributed by atoms with E-state index in [0.29, 0.717) is 0 Å². The van der Waals surface area contributed by atoms with E-state index in [9.17, 15) is 10.2 Å². The largest absolute Gasteiger partial charge is 0.390 e. The van der Waals surface area contributed by atoms with Crippen LogP contribution in [0.4, 0.5) is 5.82 Å². The van der Waals surface area contributed by atoms with E-state index >= 15 is 0 Å². The van der Waals surface area contributed by atoms with Crippen molar-refractivity contribution in [1.82, 2.24) is 4.98 Å². The normalized spacial score (nSPS) is 26.8. The van der Waals surface area contributed by atoms with Crippen LogP contribution in [0.1, 0.15) is 44.8 Å². The van der Waals surface area contributed by atoms with Crippen molar-refractivity contribution in [2.24, 2.45) is 0 Å². The summed E-state index contributed by atoms with van der Waals surface area (Å²) in [6.07, 6.45) is 3.82. The van der Waals surface area contributed by atoms with Crippen LogP contribution in [-0.4, -0.2) is 33.9 Å². The van der Waals surface area contributed by atoms with E-state index in [4.69, 9.17) is 0 Å². The first-order valence-electron chi connectivity index (χ1n) is 6.59. The van der Waals surface area contributed by atoms with E-state index in [2.05, 4.69) is 9.88 Å². The zero-order valence-corrected chi connectivity index (χ0v) is 11.1. The summed E-state index contributed by atoms with van der Waals surface area (Å²) in [5, 5.41) is 19.7. The van der Waals surface area contributed by atoms with Crippen LogP contribution in [0.15, 0.2) is 18.3 Å². The molecule has 4 heteroatoms. The number of nitrogens with zero attached hydrogens (tertiary/aromatic N) is 2. The minimum absolute atomic E-state index is 0.471. The van der Waals surface area contributed by atoms with Gasteiger partial charge < -0.3 is 15.1 Å². The van der Waals surface area contributed by atoms with Gasteiger partial charge in [-0.15, -0.1) is 0 Å². The second-order valence-corrected chi connectivity index (χ2v) is 5.46. The minimum Gasteiger partial charge on any atom is -0.390 e. The lowest BCUT2D eigenvalue weighted by atomic mass is 9.98. The second-order valence-electron chi connectivity index (χ2n) is 5.46. The molecule has 2 N–H and O–H groups in total. The van der Waals surface area contributed by atoms with Gasteiger partial charge in [0.1, 0.15) is 5.82 Å². The van der Waals surface area contributed by atoms with E-state index < -0.39 is 11.7 Å². The molecular formula is C14H22N2O2. The van der Waals surface area contributed by atoms with Gasteiger partial charge in [0.05, 0.1) is 11.7 Å². The first-order valence-corrected chi connectivity index (χ1v) is 6.59. The van der Waals surface area contributed by atoms with Crippen LogP contribution in [0.5, 0.6) is 0 Å². The molecule has 0 bridgehead atoms. The maximum absolute atomic E-state index is 10.1. The Kier molecular flexibility index (Phi) is 3.88. The molecular weight excluding hydrogens is 228 g/mol. The first kappa shape index (κ1) is 13.3. The van der Waals surface area contributed by atoms with E-state index in [1.54, 1.807) is 13.1 Å². The van der Waals surface area contributed by atoms with Crippen LogP contribution < -0.4 is 4.90 Å². The lowest BCUT2D eigenvalue weighted by Gasteiger charge is -2.23. The van der Waals surface area contributed by atoms with Crippen molar-refractivity contribution in [1.29, 1.82) is 0 Å². The highest BCUT2D eigenvalue weighted by atomic mass is 16.3. The molecule has 2 rings (SSSR count). The number of aromatic nitrogens is 1. The minimum atomic E-state index is -0.559. The van der Waals surface area contributed by atoms with Crippen LogP contribution >= 0.6 is 0 Å². The molecule has 0 aliphatic carbocycles. The predicted octanol–water partition coefficient (Wildman–Crippen LogP) is 1.88. The Morgan fingerprint density at radius 1 is 1.39 bits per heavy atom. The number of aliphatic hydroxyl groups excluding tert-OH is 1. The fourth-order valence-electron chi connectivity index (χ4n) is 2.36. The standard InChI is InChI=1S/C14H22N2O2/c1-11(17)12-4-7-15-13(10-12)16-8-3-5-14(2,18)6-9-16/h4,7,10-11,17-18H,3,5-6,8-9H2,1-2H3/t11-,14?/m0/s1. The first-order chi connectivity index (χ1) is 8.48. The predicted molar refractivity (Wildman–Crippen MR) is 71.6 cm³/mol. The molecule has 1 aromatic rings. The van der Waals surface area contributed by atoms with Gasteiger partial charge in [0.25, 0.3) is 0 Å². The molecule has 1 aromatic heterocycles. The summed E-state index contributed by atoms with van der Waals surface area (Å²) in [6.45, 7) is 5.37. The maximum Gasteiger partial charge on any atom is 0.128 e. The smallest absolute Gasteiger partial charge is 0.128 e. The van der Waals surface area contributed by atoms with Gasteiger partial charge in [-0.1, -0.05) is 0 Å². The Morgan fingerprint density at radius 3 is 2.89 bits per heavy atom. The van der Waals surface area contributed by atoms with Gasteiger partial charge >= 0.3 is 0 Å². The highest BCUT2D eigenvalue weighted by Crippen LogP contribution is 2.25. The van der Waals surface area contributed by atoms with Crippen molar-refractivity contribution in [2.75, 3.05) is 18.0 Å². The SMILES string of the molecule is C[C@H](O)c1ccnc(N2CCCC(C)(O)CC2)c1. The summed E-state index contributed by atoms with van der Waals surface area (Å²) in [5.41, 5.74) is 0.326. The molecule has 100 valence electrons. The number of hydrogen-bond acceptors (Lipinski definition) is 4. The maximum atomic E-state index is 10.1. The molecule has 0 radical (unpaired) electrons. The average Bonchev–Trinajstić information content (AvgIpc) is 2.50.